The third kappa shape index (κ3) is 3.96. The molecule has 0 amide bonds. The number of aliphatic hydroxyl groups is 2. The van der Waals surface area contributed by atoms with E-state index >= 15 is 0 Å². The number of alkyl halides is 1. The minimum absolute atomic E-state index is 0.188. The fraction of sp³-hybridized carbons (Fsp3) is 1.00. The molecule has 174 valence electrons. The summed E-state index contributed by atoms with van der Waals surface area (Å²) in [4.78, 5) is 0. The van der Waals surface area contributed by atoms with Crippen LogP contribution in [0.1, 0.15) is 98.3 Å². The van der Waals surface area contributed by atoms with Gasteiger partial charge in [-0.2, -0.15) is 0 Å². The van der Waals surface area contributed by atoms with Crippen molar-refractivity contribution >= 4 is 15.9 Å². The summed E-state index contributed by atoms with van der Waals surface area (Å²) in [6, 6.07) is 0. The second kappa shape index (κ2) is 8.98. The number of aliphatic hydroxyl groups excluding tert-OH is 2. The molecule has 0 aromatic heterocycles. The molecule has 0 saturated heterocycles. The van der Waals surface area contributed by atoms with Crippen LogP contribution in [0, 0.1) is 52.3 Å². The molecule has 2 nitrogen and oxygen atoms in total. The third-order valence-electron chi connectivity index (χ3n) is 11.0. The third-order valence-corrected chi connectivity index (χ3v) is 12.1. The van der Waals surface area contributed by atoms with Gasteiger partial charge in [-0.05, 0) is 110 Å². The van der Waals surface area contributed by atoms with Gasteiger partial charge in [0.1, 0.15) is 0 Å². The Morgan fingerprint density at radius 3 is 2.30 bits per heavy atom. The molecular weight excluding hydrogens is 436 g/mol. The Morgan fingerprint density at radius 2 is 1.57 bits per heavy atom. The highest BCUT2D eigenvalue weighted by atomic mass is 79.9. The van der Waals surface area contributed by atoms with Crippen molar-refractivity contribution in [3.8, 4) is 0 Å². The van der Waals surface area contributed by atoms with E-state index in [0.717, 1.165) is 60.6 Å². The first-order chi connectivity index (χ1) is 14.2. The fourth-order valence-corrected chi connectivity index (χ4v) is 9.64. The van der Waals surface area contributed by atoms with Crippen molar-refractivity contribution in [2.24, 2.45) is 52.3 Å². The van der Waals surface area contributed by atoms with E-state index < -0.39 is 0 Å². The fourth-order valence-electron chi connectivity index (χ4n) is 9.32. The van der Waals surface area contributed by atoms with E-state index in [9.17, 15) is 10.2 Å². The van der Waals surface area contributed by atoms with Crippen molar-refractivity contribution in [2.45, 2.75) is 111 Å². The maximum absolute atomic E-state index is 11.2. The van der Waals surface area contributed by atoms with Gasteiger partial charge < -0.3 is 10.2 Å². The minimum Gasteiger partial charge on any atom is -0.393 e. The Morgan fingerprint density at radius 1 is 0.867 bits per heavy atom. The highest BCUT2D eigenvalue weighted by Crippen LogP contribution is 2.68. The maximum Gasteiger partial charge on any atom is 0.0577 e. The van der Waals surface area contributed by atoms with Crippen LogP contribution in [-0.4, -0.2) is 27.8 Å². The lowest BCUT2D eigenvalue weighted by molar-refractivity contribution is -0.172. The second-order valence-electron chi connectivity index (χ2n) is 12.6. The molecule has 4 aliphatic carbocycles. The molecule has 2 N–H and O–H groups in total. The lowest BCUT2D eigenvalue weighted by Gasteiger charge is -2.62. The van der Waals surface area contributed by atoms with Crippen LogP contribution in [0.3, 0.4) is 0 Å². The summed E-state index contributed by atoms with van der Waals surface area (Å²) in [6.07, 6.45) is 13.2. The highest BCUT2D eigenvalue weighted by Gasteiger charge is 2.62. The van der Waals surface area contributed by atoms with Crippen LogP contribution in [0.15, 0.2) is 0 Å². The first-order valence-corrected chi connectivity index (χ1v) is 14.2. The van der Waals surface area contributed by atoms with E-state index in [2.05, 4.69) is 43.6 Å². The molecule has 4 rings (SSSR count). The van der Waals surface area contributed by atoms with Gasteiger partial charge in [-0.1, -0.05) is 56.5 Å². The second-order valence-corrected chi connectivity index (χ2v) is 13.3. The van der Waals surface area contributed by atoms with E-state index in [1.807, 2.05) is 0 Å². The zero-order valence-electron chi connectivity index (χ0n) is 20.0. The van der Waals surface area contributed by atoms with Crippen LogP contribution in [0.5, 0.6) is 0 Å². The van der Waals surface area contributed by atoms with Crippen molar-refractivity contribution in [3.05, 3.63) is 0 Å². The molecule has 0 aromatic carbocycles. The van der Waals surface area contributed by atoms with Crippen LogP contribution >= 0.6 is 15.9 Å². The molecule has 2 unspecified atom stereocenters. The summed E-state index contributed by atoms with van der Waals surface area (Å²) >= 11 is 3.64. The number of halogens is 1. The van der Waals surface area contributed by atoms with E-state index in [4.69, 9.17) is 0 Å². The summed E-state index contributed by atoms with van der Waals surface area (Å²) in [5.41, 5.74) is 0.733. The highest BCUT2D eigenvalue weighted by molar-refractivity contribution is 9.09. The lowest BCUT2D eigenvalue weighted by atomic mass is 9.44. The Kier molecular flexibility index (Phi) is 7.05. The number of rotatable bonds is 6. The van der Waals surface area contributed by atoms with Gasteiger partial charge in [-0.3, -0.25) is 0 Å². The van der Waals surface area contributed by atoms with E-state index in [-0.39, 0.29) is 17.6 Å². The van der Waals surface area contributed by atoms with Crippen LogP contribution in [0.25, 0.3) is 0 Å². The van der Waals surface area contributed by atoms with Gasteiger partial charge >= 0.3 is 0 Å². The number of fused-ring (bicyclic) bond motifs is 5. The van der Waals surface area contributed by atoms with Crippen LogP contribution in [0.4, 0.5) is 0 Å². The molecule has 0 spiro atoms. The standard InChI is InChI=1S/C27H47BrO2/c1-17(16-28)6-5-7-18(2)21-8-9-22-20-15-25(30)24-14-19(29)10-12-27(24,4)23(20)11-13-26(21,22)3/h17-25,29-30H,5-16H2,1-4H3/t17?,18-,19+,20+,21-,22+,23+,24?,25+,26-,27-/m1/s1. The average Bonchev–Trinajstić information content (AvgIpc) is 3.06. The molecule has 4 aliphatic rings. The van der Waals surface area contributed by atoms with Gasteiger partial charge in [0.25, 0.3) is 0 Å². The van der Waals surface area contributed by atoms with Gasteiger partial charge in [0, 0.05) is 5.33 Å². The molecule has 0 bridgehead atoms. The van der Waals surface area contributed by atoms with Crippen LogP contribution < -0.4 is 0 Å². The maximum atomic E-state index is 11.2. The van der Waals surface area contributed by atoms with E-state index in [1.165, 1.54) is 44.9 Å². The number of hydrogen-bond donors (Lipinski definition) is 2. The Labute approximate surface area is 194 Å². The molecule has 0 aromatic rings. The van der Waals surface area contributed by atoms with Crippen molar-refractivity contribution in [2.75, 3.05) is 5.33 Å². The molecule has 4 fully saturated rings. The van der Waals surface area contributed by atoms with Gasteiger partial charge in [0.15, 0.2) is 0 Å². The summed E-state index contributed by atoms with van der Waals surface area (Å²) < 4.78 is 0. The van der Waals surface area contributed by atoms with Crippen LogP contribution in [0.2, 0.25) is 0 Å². The van der Waals surface area contributed by atoms with Crippen molar-refractivity contribution in [3.63, 3.8) is 0 Å². The van der Waals surface area contributed by atoms with E-state index in [1.54, 1.807) is 0 Å². The summed E-state index contributed by atoms with van der Waals surface area (Å²) in [5.74, 6) is 5.11. The quantitative estimate of drug-likeness (QED) is 0.407. The normalized spacial score (nSPS) is 50.3. The number of hydrogen-bond acceptors (Lipinski definition) is 2. The van der Waals surface area contributed by atoms with Crippen molar-refractivity contribution < 1.29 is 10.2 Å². The Bertz CT molecular complexity index is 595. The van der Waals surface area contributed by atoms with Crippen LogP contribution in [-0.2, 0) is 0 Å². The smallest absolute Gasteiger partial charge is 0.0577 e. The first-order valence-electron chi connectivity index (χ1n) is 13.1. The predicted molar refractivity (Wildman–Crippen MR) is 129 cm³/mol. The van der Waals surface area contributed by atoms with E-state index in [0.29, 0.717) is 17.3 Å². The summed E-state index contributed by atoms with van der Waals surface area (Å²) in [7, 11) is 0. The Balaban J connectivity index is 1.47. The average molecular weight is 484 g/mol. The summed E-state index contributed by atoms with van der Waals surface area (Å²) in [5, 5.41) is 22.6. The zero-order chi connectivity index (χ0) is 21.7. The first kappa shape index (κ1) is 23.6. The summed E-state index contributed by atoms with van der Waals surface area (Å²) in [6.45, 7) is 10.0. The van der Waals surface area contributed by atoms with Crippen molar-refractivity contribution in [1.29, 1.82) is 0 Å². The molecule has 3 heteroatoms. The molecule has 11 atom stereocenters. The molecular formula is C27H47BrO2. The molecule has 4 saturated carbocycles. The predicted octanol–water partition coefficient (Wildman–Crippen LogP) is 6.81. The van der Waals surface area contributed by atoms with Gasteiger partial charge in [0.2, 0.25) is 0 Å². The Hall–Kier alpha value is 0.400. The topological polar surface area (TPSA) is 40.5 Å². The lowest BCUT2D eigenvalue weighted by Crippen LogP contribution is -2.58. The zero-order valence-corrected chi connectivity index (χ0v) is 21.5. The monoisotopic (exact) mass is 482 g/mol. The van der Waals surface area contributed by atoms with Gasteiger partial charge in [-0.15, -0.1) is 0 Å². The molecule has 0 radical (unpaired) electrons. The molecule has 0 aliphatic heterocycles. The van der Waals surface area contributed by atoms with Gasteiger partial charge in [0.05, 0.1) is 12.2 Å². The molecule has 0 heterocycles. The SMILES string of the molecule is CC(CBr)CCC[C@@H](C)[C@H]1CC[C@H]2[C@@H]3C[C@H](O)C4C[C@@H](O)CC[C@]4(C)[C@H]3CC[C@]12C. The minimum atomic E-state index is -0.198. The van der Waals surface area contributed by atoms with Crippen molar-refractivity contribution in [1.82, 2.24) is 0 Å². The van der Waals surface area contributed by atoms with Gasteiger partial charge in [-0.25, -0.2) is 0 Å². The largest absolute Gasteiger partial charge is 0.393 e. The molecule has 30 heavy (non-hydrogen) atoms.